The van der Waals surface area contributed by atoms with Crippen LogP contribution in [0.15, 0.2) is 117 Å². The second kappa shape index (κ2) is 13.9. The summed E-state index contributed by atoms with van der Waals surface area (Å²) in [7, 11) is 1.59. The summed E-state index contributed by atoms with van der Waals surface area (Å²) >= 11 is 11.1. The molecule has 2 heterocycles. The largest absolute Gasteiger partial charge is 0.497 e. The molecule has 5 aromatic rings. The number of halogens is 2. The third kappa shape index (κ3) is 6.58. The Morgan fingerprint density at radius 2 is 1.76 bits per heavy atom. The maximum atomic E-state index is 14.3. The van der Waals surface area contributed by atoms with Gasteiger partial charge in [-0.3, -0.25) is 9.36 Å². The molecule has 0 spiro atoms. The molecule has 0 aliphatic carbocycles. The Morgan fingerprint density at radius 1 is 1.02 bits per heavy atom. The number of aromatic nitrogens is 1. The Hall–Kier alpha value is -4.44. The highest BCUT2D eigenvalue weighted by Gasteiger charge is 2.35. The molecule has 1 aliphatic rings. The highest BCUT2D eigenvalue weighted by molar-refractivity contribution is 9.10. The molecule has 46 heavy (non-hydrogen) atoms. The van der Waals surface area contributed by atoms with Gasteiger partial charge in [-0.2, -0.15) is 0 Å². The maximum absolute atomic E-state index is 14.3. The van der Waals surface area contributed by atoms with Crippen molar-refractivity contribution in [1.29, 1.82) is 0 Å². The van der Waals surface area contributed by atoms with E-state index in [4.69, 9.17) is 30.8 Å². The number of hydrogen-bond donors (Lipinski definition) is 0. The van der Waals surface area contributed by atoms with Crippen LogP contribution in [0.1, 0.15) is 35.2 Å². The molecule has 1 aliphatic heterocycles. The second-order valence-corrected chi connectivity index (χ2v) is 12.7. The van der Waals surface area contributed by atoms with Gasteiger partial charge in [0.25, 0.3) is 5.56 Å². The van der Waals surface area contributed by atoms with Gasteiger partial charge in [0.15, 0.2) is 4.80 Å². The lowest BCUT2D eigenvalue weighted by atomic mass is 9.93. The highest BCUT2D eigenvalue weighted by atomic mass is 79.9. The summed E-state index contributed by atoms with van der Waals surface area (Å²) in [6.07, 6.45) is 1.76. The van der Waals surface area contributed by atoms with E-state index in [1.54, 1.807) is 55.0 Å². The van der Waals surface area contributed by atoms with E-state index in [1.165, 1.54) is 11.3 Å². The summed E-state index contributed by atoms with van der Waals surface area (Å²) < 4.78 is 20.1. The molecule has 1 atom stereocenters. The first-order chi connectivity index (χ1) is 22.4. The molecule has 6 rings (SSSR count). The molecule has 232 valence electrons. The van der Waals surface area contributed by atoms with E-state index in [9.17, 15) is 9.59 Å². The lowest BCUT2D eigenvalue weighted by Crippen LogP contribution is -2.40. The Balaban J connectivity index is 1.53. The zero-order valence-corrected chi connectivity index (χ0v) is 28.1. The van der Waals surface area contributed by atoms with Crippen LogP contribution in [0.5, 0.6) is 11.5 Å². The lowest BCUT2D eigenvalue weighted by molar-refractivity contribution is -0.138. The van der Waals surface area contributed by atoms with Crippen LogP contribution in [0, 0.1) is 0 Å². The Kier molecular flexibility index (Phi) is 9.53. The first-order valence-corrected chi connectivity index (χ1v) is 16.4. The van der Waals surface area contributed by atoms with Crippen molar-refractivity contribution in [2.24, 2.45) is 4.99 Å². The summed E-state index contributed by atoms with van der Waals surface area (Å²) in [4.78, 5) is 33.3. The smallest absolute Gasteiger partial charge is 0.338 e. The summed E-state index contributed by atoms with van der Waals surface area (Å²) in [5, 5.41) is 0.502. The second-order valence-electron chi connectivity index (χ2n) is 10.3. The molecule has 0 saturated heterocycles. The van der Waals surface area contributed by atoms with Crippen molar-refractivity contribution >= 4 is 56.6 Å². The van der Waals surface area contributed by atoms with Crippen LogP contribution in [-0.2, 0) is 16.1 Å². The fourth-order valence-corrected chi connectivity index (χ4v) is 6.63. The molecule has 10 heteroatoms. The normalized spacial score (nSPS) is 14.4. The highest BCUT2D eigenvalue weighted by Crippen LogP contribution is 2.36. The van der Waals surface area contributed by atoms with Crippen molar-refractivity contribution in [1.82, 2.24) is 4.57 Å². The zero-order chi connectivity index (χ0) is 32.2. The summed E-state index contributed by atoms with van der Waals surface area (Å²) in [6, 6.07) is 29.1. The first kappa shape index (κ1) is 31.5. The Labute approximate surface area is 282 Å². The van der Waals surface area contributed by atoms with E-state index in [2.05, 4.69) is 15.9 Å². The van der Waals surface area contributed by atoms with E-state index >= 15 is 0 Å². The van der Waals surface area contributed by atoms with Gasteiger partial charge >= 0.3 is 5.97 Å². The number of fused-ring (bicyclic) bond motifs is 1. The van der Waals surface area contributed by atoms with Crippen molar-refractivity contribution in [3.05, 3.63) is 154 Å². The van der Waals surface area contributed by atoms with Crippen molar-refractivity contribution in [2.45, 2.75) is 19.6 Å². The fourth-order valence-electron chi connectivity index (χ4n) is 5.19. The molecule has 0 radical (unpaired) electrons. The van der Waals surface area contributed by atoms with Gasteiger partial charge < -0.3 is 14.2 Å². The minimum absolute atomic E-state index is 0.169. The number of thiazole rings is 1. The minimum Gasteiger partial charge on any atom is -0.497 e. The summed E-state index contributed by atoms with van der Waals surface area (Å²) in [6.45, 7) is 2.25. The minimum atomic E-state index is -0.800. The van der Waals surface area contributed by atoms with Gasteiger partial charge in [-0.05, 0) is 66.6 Å². The van der Waals surface area contributed by atoms with Crippen LogP contribution in [-0.4, -0.2) is 24.3 Å². The average molecular weight is 716 g/mol. The molecule has 0 N–H and O–H groups in total. The van der Waals surface area contributed by atoms with Gasteiger partial charge in [0, 0.05) is 20.6 Å². The van der Waals surface area contributed by atoms with Crippen molar-refractivity contribution < 1.29 is 19.0 Å². The third-order valence-corrected chi connectivity index (χ3v) is 9.12. The predicted molar refractivity (Wildman–Crippen MR) is 184 cm³/mol. The van der Waals surface area contributed by atoms with Crippen molar-refractivity contribution in [3.63, 3.8) is 0 Å². The molecular formula is C36H28BrClN2O5S. The molecule has 7 nitrogen and oxygen atoms in total. The fraction of sp³-hybridized carbons (Fsp3) is 0.139. The van der Waals surface area contributed by atoms with Crippen LogP contribution < -0.4 is 24.4 Å². The van der Waals surface area contributed by atoms with Gasteiger partial charge in [-0.1, -0.05) is 93.5 Å². The van der Waals surface area contributed by atoms with Gasteiger partial charge in [-0.25, -0.2) is 9.79 Å². The lowest BCUT2D eigenvalue weighted by Gasteiger charge is -2.26. The number of nitrogens with zero attached hydrogens (tertiary/aromatic N) is 2. The first-order valence-electron chi connectivity index (χ1n) is 14.5. The quantitative estimate of drug-likeness (QED) is 0.155. The number of benzene rings is 4. The van der Waals surface area contributed by atoms with Gasteiger partial charge in [0.05, 0.1) is 35.6 Å². The van der Waals surface area contributed by atoms with Crippen LogP contribution in [0.4, 0.5) is 0 Å². The SMILES string of the molecule is CCOC(=O)C1=C(c2ccccc2)N=c2s/c(=C\c3cc(Cl)ccc3OCc3ccc(Br)cc3)c(=O)n2[C@H]1c1ccc(OC)cc1. The van der Waals surface area contributed by atoms with Crippen LogP contribution in [0.3, 0.4) is 0 Å². The van der Waals surface area contributed by atoms with E-state index in [0.717, 1.165) is 15.6 Å². The molecule has 0 unspecified atom stereocenters. The predicted octanol–water partition coefficient (Wildman–Crippen LogP) is 6.94. The van der Waals surface area contributed by atoms with Gasteiger partial charge in [0.2, 0.25) is 0 Å². The topological polar surface area (TPSA) is 79.1 Å². The molecule has 0 saturated carbocycles. The van der Waals surface area contributed by atoms with Gasteiger partial charge in [0.1, 0.15) is 18.1 Å². The number of hydrogen-bond acceptors (Lipinski definition) is 7. The van der Waals surface area contributed by atoms with Crippen molar-refractivity contribution in [2.75, 3.05) is 13.7 Å². The van der Waals surface area contributed by atoms with Crippen LogP contribution in [0.25, 0.3) is 11.8 Å². The summed E-state index contributed by atoms with van der Waals surface area (Å²) in [5.41, 5.74) is 3.50. The standard InChI is InChI=1S/C36H28BrClN2O5S/c1-3-44-35(42)31-32(23-7-5-4-6-8-23)39-36-40(33(31)24-11-16-28(43-2)17-12-24)34(41)30(46-36)20-25-19-27(38)15-18-29(25)45-21-22-9-13-26(37)14-10-22/h4-20,33H,3,21H2,1-2H3/b30-20-/t33-/m0/s1. The number of ether oxygens (including phenoxy) is 3. The number of carbonyl (C=O) groups excluding carboxylic acids is 1. The number of esters is 1. The number of methoxy groups -OCH3 is 1. The number of rotatable bonds is 9. The van der Waals surface area contributed by atoms with E-state index in [1.807, 2.05) is 66.7 Å². The van der Waals surface area contributed by atoms with E-state index in [-0.39, 0.29) is 17.7 Å². The number of carbonyl (C=O) groups is 1. The van der Waals surface area contributed by atoms with E-state index < -0.39 is 12.0 Å². The molecule has 0 bridgehead atoms. The zero-order valence-electron chi connectivity index (χ0n) is 24.9. The molecule has 1 aromatic heterocycles. The molecule has 4 aromatic carbocycles. The third-order valence-electron chi connectivity index (χ3n) is 7.37. The maximum Gasteiger partial charge on any atom is 0.338 e. The Morgan fingerprint density at radius 3 is 2.46 bits per heavy atom. The summed E-state index contributed by atoms with van der Waals surface area (Å²) in [5.74, 6) is 0.679. The molecule has 0 fully saturated rings. The average Bonchev–Trinajstić information content (AvgIpc) is 3.39. The molecular weight excluding hydrogens is 688 g/mol. The van der Waals surface area contributed by atoms with E-state index in [0.29, 0.717) is 49.3 Å². The van der Waals surface area contributed by atoms with Gasteiger partial charge in [-0.15, -0.1) is 0 Å². The van der Waals surface area contributed by atoms with Crippen LogP contribution in [0.2, 0.25) is 5.02 Å². The Bertz CT molecular complexity index is 2110. The monoisotopic (exact) mass is 714 g/mol. The molecule has 0 amide bonds. The van der Waals surface area contributed by atoms with Crippen LogP contribution >= 0.6 is 38.9 Å². The van der Waals surface area contributed by atoms with Crippen molar-refractivity contribution in [3.8, 4) is 11.5 Å².